The van der Waals surface area contributed by atoms with E-state index in [4.69, 9.17) is 21.4 Å². The fourth-order valence-corrected chi connectivity index (χ4v) is 1.79. The van der Waals surface area contributed by atoms with Crippen molar-refractivity contribution in [1.82, 2.24) is 4.98 Å². The summed E-state index contributed by atoms with van der Waals surface area (Å²) in [7, 11) is 1.41. The smallest absolute Gasteiger partial charge is 0.339 e. The summed E-state index contributed by atoms with van der Waals surface area (Å²) in [6.45, 7) is 0. The molecule has 0 unspecified atom stereocenters. The van der Waals surface area contributed by atoms with Crippen LogP contribution in [0.5, 0.6) is 5.75 Å². The van der Waals surface area contributed by atoms with Crippen molar-refractivity contribution in [2.45, 2.75) is 0 Å². The molecule has 5 nitrogen and oxygen atoms in total. The molecular weight excluding hydrogens is 268 g/mol. The molecule has 0 atom stereocenters. The molecule has 19 heavy (non-hydrogen) atoms. The number of rotatable bonds is 4. The van der Waals surface area contributed by atoms with Crippen LogP contribution in [0.25, 0.3) is 0 Å². The summed E-state index contributed by atoms with van der Waals surface area (Å²) >= 11 is 6.06. The molecule has 0 amide bonds. The molecule has 1 heterocycles. The number of methoxy groups -OCH3 is 1. The SMILES string of the molecule is COc1cc(Nc2ccncc2)c(Cl)cc1C(=O)O. The third-order valence-electron chi connectivity index (χ3n) is 2.48. The Kier molecular flexibility index (Phi) is 3.87. The van der Waals surface area contributed by atoms with Crippen LogP contribution in [-0.2, 0) is 0 Å². The fraction of sp³-hybridized carbons (Fsp3) is 0.0769. The van der Waals surface area contributed by atoms with E-state index in [2.05, 4.69) is 10.3 Å². The van der Waals surface area contributed by atoms with Gasteiger partial charge in [0.1, 0.15) is 11.3 Å². The zero-order chi connectivity index (χ0) is 13.8. The number of aromatic nitrogens is 1. The van der Waals surface area contributed by atoms with E-state index in [9.17, 15) is 4.79 Å². The zero-order valence-electron chi connectivity index (χ0n) is 10.1. The van der Waals surface area contributed by atoms with Gasteiger partial charge in [-0.25, -0.2) is 4.79 Å². The third-order valence-corrected chi connectivity index (χ3v) is 2.79. The number of nitrogens with zero attached hydrogens (tertiary/aromatic N) is 1. The van der Waals surface area contributed by atoms with Crippen molar-refractivity contribution < 1.29 is 14.6 Å². The number of halogens is 1. The molecular formula is C13H11ClN2O3. The van der Waals surface area contributed by atoms with Crippen LogP contribution in [0.2, 0.25) is 5.02 Å². The van der Waals surface area contributed by atoms with Crippen molar-refractivity contribution in [2.75, 3.05) is 12.4 Å². The number of hydrogen-bond acceptors (Lipinski definition) is 4. The van der Waals surface area contributed by atoms with Gasteiger partial charge in [-0.2, -0.15) is 0 Å². The van der Waals surface area contributed by atoms with Crippen LogP contribution < -0.4 is 10.1 Å². The quantitative estimate of drug-likeness (QED) is 0.899. The van der Waals surface area contributed by atoms with Crippen LogP contribution in [-0.4, -0.2) is 23.2 Å². The normalized spacial score (nSPS) is 10.0. The van der Waals surface area contributed by atoms with Crippen LogP contribution in [0.1, 0.15) is 10.4 Å². The Morgan fingerprint density at radius 3 is 2.63 bits per heavy atom. The number of benzene rings is 1. The van der Waals surface area contributed by atoms with Gasteiger partial charge in [0.2, 0.25) is 0 Å². The molecule has 98 valence electrons. The van der Waals surface area contributed by atoms with Gasteiger partial charge in [0.25, 0.3) is 0 Å². The number of hydrogen-bond donors (Lipinski definition) is 2. The van der Waals surface area contributed by atoms with E-state index in [0.29, 0.717) is 10.7 Å². The highest BCUT2D eigenvalue weighted by Crippen LogP contribution is 2.32. The molecule has 0 spiro atoms. The Morgan fingerprint density at radius 1 is 1.37 bits per heavy atom. The number of carbonyl (C=O) groups is 1. The highest BCUT2D eigenvalue weighted by molar-refractivity contribution is 6.33. The summed E-state index contributed by atoms with van der Waals surface area (Å²) in [5.74, 6) is -0.845. The number of pyridine rings is 1. The molecule has 0 bridgehead atoms. The lowest BCUT2D eigenvalue weighted by molar-refractivity contribution is 0.0693. The van der Waals surface area contributed by atoms with E-state index < -0.39 is 5.97 Å². The molecule has 0 aliphatic heterocycles. The van der Waals surface area contributed by atoms with Gasteiger partial charge >= 0.3 is 5.97 Å². The van der Waals surface area contributed by atoms with Crippen molar-refractivity contribution in [3.05, 3.63) is 47.2 Å². The molecule has 6 heteroatoms. The van der Waals surface area contributed by atoms with Gasteiger partial charge in [-0.3, -0.25) is 4.98 Å². The first kappa shape index (κ1) is 13.2. The van der Waals surface area contributed by atoms with Gasteiger partial charge in [0, 0.05) is 24.1 Å². The molecule has 0 saturated heterocycles. The van der Waals surface area contributed by atoms with Crippen molar-refractivity contribution in [3.63, 3.8) is 0 Å². The minimum Gasteiger partial charge on any atom is -0.496 e. The number of carboxylic acid groups (broad SMARTS) is 1. The van der Waals surface area contributed by atoms with Gasteiger partial charge in [0.15, 0.2) is 0 Å². The van der Waals surface area contributed by atoms with E-state index in [1.807, 2.05) is 0 Å². The Balaban J connectivity index is 2.39. The number of nitrogens with one attached hydrogen (secondary N) is 1. The predicted octanol–water partition coefficient (Wildman–Crippen LogP) is 3.19. The highest BCUT2D eigenvalue weighted by atomic mass is 35.5. The monoisotopic (exact) mass is 278 g/mol. The van der Waals surface area contributed by atoms with Gasteiger partial charge in [-0.05, 0) is 18.2 Å². The van der Waals surface area contributed by atoms with E-state index in [-0.39, 0.29) is 11.3 Å². The summed E-state index contributed by atoms with van der Waals surface area (Å²) in [5, 5.41) is 12.4. The van der Waals surface area contributed by atoms with Crippen LogP contribution in [0.4, 0.5) is 11.4 Å². The minimum absolute atomic E-state index is 0.0211. The van der Waals surface area contributed by atoms with Gasteiger partial charge in [0.05, 0.1) is 17.8 Å². The maximum Gasteiger partial charge on any atom is 0.339 e. The Labute approximate surface area is 114 Å². The molecule has 0 saturated carbocycles. The predicted molar refractivity (Wildman–Crippen MR) is 72.5 cm³/mol. The number of aromatic carboxylic acids is 1. The van der Waals surface area contributed by atoms with Crippen LogP contribution >= 0.6 is 11.6 Å². The third kappa shape index (κ3) is 2.95. The topological polar surface area (TPSA) is 71.5 Å². The molecule has 0 fully saturated rings. The first-order valence-corrected chi connectivity index (χ1v) is 5.77. The number of ether oxygens (including phenoxy) is 1. The Morgan fingerprint density at radius 2 is 2.05 bits per heavy atom. The van der Waals surface area contributed by atoms with E-state index in [1.165, 1.54) is 13.2 Å². The average Bonchev–Trinajstić information content (AvgIpc) is 2.41. The lowest BCUT2D eigenvalue weighted by Gasteiger charge is -2.12. The molecule has 0 aliphatic rings. The average molecular weight is 279 g/mol. The van der Waals surface area contributed by atoms with Crippen molar-refractivity contribution >= 4 is 28.9 Å². The van der Waals surface area contributed by atoms with Gasteiger partial charge < -0.3 is 15.2 Å². The van der Waals surface area contributed by atoms with Crippen LogP contribution in [0, 0.1) is 0 Å². The lowest BCUT2D eigenvalue weighted by Crippen LogP contribution is -2.02. The fourth-order valence-electron chi connectivity index (χ4n) is 1.58. The standard InChI is InChI=1S/C13H11ClN2O3/c1-19-12-7-11(10(14)6-9(12)13(17)18)16-8-2-4-15-5-3-8/h2-7H,1H3,(H,15,16)(H,17,18). The maximum absolute atomic E-state index is 11.0. The molecule has 1 aromatic heterocycles. The van der Waals surface area contributed by atoms with Gasteiger partial charge in [-0.1, -0.05) is 11.6 Å². The molecule has 2 N–H and O–H groups in total. The summed E-state index contributed by atoms with van der Waals surface area (Å²) in [6, 6.07) is 6.44. The van der Waals surface area contributed by atoms with Crippen molar-refractivity contribution in [2.24, 2.45) is 0 Å². The molecule has 2 aromatic rings. The van der Waals surface area contributed by atoms with E-state index in [1.54, 1.807) is 30.6 Å². The highest BCUT2D eigenvalue weighted by Gasteiger charge is 2.14. The summed E-state index contributed by atoms with van der Waals surface area (Å²) < 4.78 is 5.05. The maximum atomic E-state index is 11.0. The minimum atomic E-state index is -1.09. The van der Waals surface area contributed by atoms with E-state index in [0.717, 1.165) is 5.69 Å². The lowest BCUT2D eigenvalue weighted by atomic mass is 10.1. The first-order chi connectivity index (χ1) is 9.11. The summed E-state index contributed by atoms with van der Waals surface area (Å²) in [5.41, 5.74) is 1.38. The second kappa shape index (κ2) is 5.58. The first-order valence-electron chi connectivity index (χ1n) is 5.39. The molecule has 1 aromatic carbocycles. The van der Waals surface area contributed by atoms with Crippen LogP contribution in [0.15, 0.2) is 36.7 Å². The summed E-state index contributed by atoms with van der Waals surface area (Å²) in [4.78, 5) is 14.9. The Bertz CT molecular complexity index is 602. The number of carboxylic acids is 1. The molecule has 0 radical (unpaired) electrons. The zero-order valence-corrected chi connectivity index (χ0v) is 10.8. The van der Waals surface area contributed by atoms with Crippen molar-refractivity contribution in [3.8, 4) is 5.75 Å². The van der Waals surface area contributed by atoms with E-state index >= 15 is 0 Å². The molecule has 2 rings (SSSR count). The number of anilines is 2. The largest absolute Gasteiger partial charge is 0.496 e. The second-order valence-corrected chi connectivity index (χ2v) is 4.11. The van der Waals surface area contributed by atoms with Gasteiger partial charge in [-0.15, -0.1) is 0 Å². The molecule has 0 aliphatic carbocycles. The van der Waals surface area contributed by atoms with Crippen molar-refractivity contribution in [1.29, 1.82) is 0 Å². The second-order valence-electron chi connectivity index (χ2n) is 3.70. The summed E-state index contributed by atoms with van der Waals surface area (Å²) in [6.07, 6.45) is 3.28. The Hall–Kier alpha value is -2.27. The van der Waals surface area contributed by atoms with Crippen LogP contribution in [0.3, 0.4) is 0 Å².